The number of imide groups is 1. The normalized spacial score (nSPS) is 12.5. The van der Waals surface area contributed by atoms with Crippen molar-refractivity contribution in [2.24, 2.45) is 17.2 Å². The maximum Gasteiger partial charge on any atom is 1.00 e. The second-order valence-electron chi connectivity index (χ2n) is 14.6. The summed E-state index contributed by atoms with van der Waals surface area (Å²) < 4.78 is 0. The third-order valence-corrected chi connectivity index (χ3v) is 9.65. The first-order valence-corrected chi connectivity index (χ1v) is 20.8. The summed E-state index contributed by atoms with van der Waals surface area (Å²) in [6.07, 6.45) is 18.0. The van der Waals surface area contributed by atoms with Gasteiger partial charge in [-0.05, 0) is 51.5 Å². The molecule has 0 saturated heterocycles. The van der Waals surface area contributed by atoms with Gasteiger partial charge in [-0.1, -0.05) is 117 Å². The summed E-state index contributed by atoms with van der Waals surface area (Å²) in [5.74, 6) is -6.15. The molecule has 312 valence electrons. The van der Waals surface area contributed by atoms with E-state index in [0.29, 0.717) is 37.0 Å². The van der Waals surface area contributed by atoms with E-state index in [2.05, 4.69) is 24.5 Å². The van der Waals surface area contributed by atoms with E-state index in [0.717, 1.165) is 57.8 Å². The van der Waals surface area contributed by atoms with Crippen LogP contribution in [0.3, 0.4) is 0 Å². The number of nitrogens with two attached hydrogens (primary N) is 3. The number of carboxylic acids is 1. The number of unbranched alkanes of at least 4 members (excludes halogenated alkanes) is 17. The van der Waals surface area contributed by atoms with Gasteiger partial charge >= 0.3 is 29.6 Å². The van der Waals surface area contributed by atoms with Crippen LogP contribution in [0.15, 0.2) is 0 Å². The van der Waals surface area contributed by atoms with Gasteiger partial charge in [-0.25, -0.2) is 0 Å². The zero-order chi connectivity index (χ0) is 40.6. The first kappa shape index (κ1) is 54.5. The fourth-order valence-electron chi connectivity index (χ4n) is 6.40. The second kappa shape index (κ2) is 35.8. The number of nitrogens with one attached hydrogen (secondary N) is 2. The molecule has 15 heteroatoms. The first-order valence-electron chi connectivity index (χ1n) is 20.8. The summed E-state index contributed by atoms with van der Waals surface area (Å²) in [4.78, 5) is 90.6. The van der Waals surface area contributed by atoms with Crippen LogP contribution in [0.5, 0.6) is 0 Å². The zero-order valence-corrected chi connectivity index (χ0v) is 36.5. The predicted molar refractivity (Wildman–Crippen MR) is 208 cm³/mol. The van der Waals surface area contributed by atoms with Gasteiger partial charge in [0.05, 0.1) is 12.0 Å². The van der Waals surface area contributed by atoms with Crippen LogP contribution in [0.25, 0.3) is 0 Å². The van der Waals surface area contributed by atoms with Crippen molar-refractivity contribution in [2.45, 2.75) is 205 Å². The molecule has 0 aliphatic heterocycles. The number of primary amides is 2. The van der Waals surface area contributed by atoms with Crippen LogP contribution in [0, 0.1) is 0 Å². The molecule has 3 atom stereocenters. The first-order chi connectivity index (χ1) is 25.9. The topological polar surface area (TPSA) is 248 Å². The molecule has 6 amide bonds. The molecular formula is C40H73N6NaO8. The number of carbonyl (C=O) groups excluding carboxylic acids is 7. The maximum atomic E-state index is 14.2. The van der Waals surface area contributed by atoms with E-state index in [1.807, 2.05) is 0 Å². The Hall–Kier alpha value is -2.55. The molecule has 0 aromatic rings. The summed E-state index contributed by atoms with van der Waals surface area (Å²) in [7, 11) is 0. The fourth-order valence-corrected chi connectivity index (χ4v) is 6.40. The zero-order valence-electron chi connectivity index (χ0n) is 34.5. The van der Waals surface area contributed by atoms with Crippen LogP contribution in [0.4, 0.5) is 0 Å². The second-order valence-corrected chi connectivity index (χ2v) is 14.6. The molecule has 0 spiro atoms. The van der Waals surface area contributed by atoms with E-state index in [1.165, 1.54) is 38.5 Å². The molecule has 0 fully saturated rings. The number of rotatable bonds is 36. The molecule has 0 bridgehead atoms. The minimum Gasteiger partial charge on any atom is -0.548 e. The summed E-state index contributed by atoms with van der Waals surface area (Å²) in [5, 5.41) is 17.6. The number of carbonyl (C=O) groups is 7. The Morgan fingerprint density at radius 1 is 0.545 bits per heavy atom. The van der Waals surface area contributed by atoms with Crippen molar-refractivity contribution in [3.05, 3.63) is 0 Å². The molecular weight excluding hydrogens is 715 g/mol. The molecule has 0 aliphatic rings. The third-order valence-electron chi connectivity index (χ3n) is 9.65. The molecule has 0 radical (unpaired) electrons. The molecule has 0 unspecified atom stereocenters. The average molecular weight is 789 g/mol. The summed E-state index contributed by atoms with van der Waals surface area (Å²) in [5.41, 5.74) is 16.3. The number of hydrogen-bond acceptors (Lipinski definition) is 9. The molecule has 0 aromatic carbocycles. The van der Waals surface area contributed by atoms with Crippen LogP contribution >= 0.6 is 0 Å². The molecule has 0 heterocycles. The largest absolute Gasteiger partial charge is 1.00 e. The number of hydrogen-bond donors (Lipinski definition) is 5. The van der Waals surface area contributed by atoms with Crippen molar-refractivity contribution in [1.82, 2.24) is 15.5 Å². The van der Waals surface area contributed by atoms with Crippen molar-refractivity contribution in [2.75, 3.05) is 6.54 Å². The summed E-state index contributed by atoms with van der Waals surface area (Å²) in [6, 6.07) is -4.39. The minimum absolute atomic E-state index is 0. The predicted octanol–water partition coefficient (Wildman–Crippen LogP) is 0.936. The number of amides is 6. The Bertz CT molecular complexity index is 1110. The van der Waals surface area contributed by atoms with E-state index in [4.69, 9.17) is 17.2 Å². The monoisotopic (exact) mass is 789 g/mol. The van der Waals surface area contributed by atoms with Crippen LogP contribution in [-0.2, 0) is 33.6 Å². The minimum atomic E-state index is -1.80. The fraction of sp³-hybridized carbons (Fsp3) is 0.825. The van der Waals surface area contributed by atoms with Crippen molar-refractivity contribution in [3.8, 4) is 0 Å². The maximum absolute atomic E-state index is 14.2. The van der Waals surface area contributed by atoms with Gasteiger partial charge in [-0.3, -0.25) is 33.7 Å². The van der Waals surface area contributed by atoms with Crippen molar-refractivity contribution >= 4 is 41.4 Å². The van der Waals surface area contributed by atoms with Crippen molar-refractivity contribution < 1.29 is 68.2 Å². The SMILES string of the molecule is CCCCCCCCCCCC(=O)N[C@@H](CCC(N)=O)C(=O)N[C@@H](CCCCN)C(=O)N(C(=O)CCCCCCCCCCC)[C@@H](CCC(N)=O)C(=O)[O-].[Na+]. The molecule has 0 rings (SSSR count). The van der Waals surface area contributed by atoms with Gasteiger partial charge in [0.2, 0.25) is 29.5 Å². The Morgan fingerprint density at radius 2 is 1.00 bits per heavy atom. The van der Waals surface area contributed by atoms with Crippen molar-refractivity contribution in [3.63, 3.8) is 0 Å². The third kappa shape index (κ3) is 28.5. The van der Waals surface area contributed by atoms with Gasteiger partial charge in [0.1, 0.15) is 12.1 Å². The van der Waals surface area contributed by atoms with Crippen LogP contribution in [0.2, 0.25) is 0 Å². The summed E-state index contributed by atoms with van der Waals surface area (Å²) in [6.45, 7) is 4.62. The van der Waals surface area contributed by atoms with E-state index in [-0.39, 0.29) is 68.2 Å². The summed E-state index contributed by atoms with van der Waals surface area (Å²) >= 11 is 0. The molecule has 0 aromatic heterocycles. The smallest absolute Gasteiger partial charge is 0.548 e. The van der Waals surface area contributed by atoms with Gasteiger partial charge in [0, 0.05) is 25.7 Å². The van der Waals surface area contributed by atoms with Crippen LogP contribution in [0.1, 0.15) is 187 Å². The van der Waals surface area contributed by atoms with Crippen molar-refractivity contribution in [1.29, 1.82) is 0 Å². The van der Waals surface area contributed by atoms with Gasteiger partial charge in [0.15, 0.2) is 0 Å². The van der Waals surface area contributed by atoms with Gasteiger partial charge < -0.3 is 37.7 Å². The number of nitrogens with zero attached hydrogens (tertiary/aromatic N) is 1. The van der Waals surface area contributed by atoms with Gasteiger partial charge in [0.25, 0.3) is 5.91 Å². The molecule has 0 aliphatic carbocycles. The van der Waals surface area contributed by atoms with E-state index in [1.54, 1.807) is 0 Å². The Kier molecular flexibility index (Phi) is 35.5. The molecule has 0 saturated carbocycles. The molecule has 55 heavy (non-hydrogen) atoms. The van der Waals surface area contributed by atoms with Gasteiger partial charge in [-0.15, -0.1) is 0 Å². The Labute approximate surface area is 352 Å². The number of aliphatic carboxylic acids is 1. The van der Waals surface area contributed by atoms with E-state index in [9.17, 15) is 38.7 Å². The van der Waals surface area contributed by atoms with Gasteiger partial charge in [-0.2, -0.15) is 0 Å². The van der Waals surface area contributed by atoms with Crippen LogP contribution in [-0.4, -0.2) is 71.0 Å². The Balaban J connectivity index is 0. The molecule has 14 nitrogen and oxygen atoms in total. The average Bonchev–Trinajstić information content (AvgIpc) is 3.12. The number of carboxylic acid groups (broad SMARTS) is 1. The standard InChI is InChI=1S/C40H74N6O8.Na/c1-3-5-7-9-11-13-15-17-19-24-36(49)44-31(26-28-34(42)47)38(51)45-32(23-21-22-30-41)39(52)46(33(40(53)54)27-29-35(43)48)37(50)25-20-18-16-14-12-10-8-6-4-2;/h31-33H,3-30,41H2,1-2H3,(H2,42,47)(H2,43,48)(H,44,49)(H,45,51)(H,53,54);/q;+1/p-1/t31-,32-,33-;/m0./s1. The quantitative estimate of drug-likeness (QED) is 0.0447. The van der Waals surface area contributed by atoms with E-state index < -0.39 is 72.4 Å². The molecule has 8 N–H and O–H groups in total. The Morgan fingerprint density at radius 3 is 1.45 bits per heavy atom. The van der Waals surface area contributed by atoms with Crippen LogP contribution < -0.4 is 62.5 Å². The van der Waals surface area contributed by atoms with E-state index >= 15 is 0 Å².